The highest BCUT2D eigenvalue weighted by atomic mass is 16.3. The van der Waals surface area contributed by atoms with Gasteiger partial charge in [0.2, 0.25) is 0 Å². The second-order valence-corrected chi connectivity index (χ2v) is 8.20. The molecule has 144 valence electrons. The maximum atomic E-state index is 6.20. The Morgan fingerprint density at radius 2 is 1.10 bits per heavy atom. The van der Waals surface area contributed by atoms with E-state index in [9.17, 15) is 0 Å². The highest BCUT2D eigenvalue weighted by molar-refractivity contribution is 6.19. The topological polar surface area (TPSA) is 13.1 Å². The van der Waals surface area contributed by atoms with Crippen molar-refractivity contribution >= 4 is 54.1 Å². The highest BCUT2D eigenvalue weighted by Crippen LogP contribution is 2.40. The van der Waals surface area contributed by atoms with Gasteiger partial charge in [0.15, 0.2) is 0 Å². The molecule has 0 fully saturated rings. The maximum absolute atomic E-state index is 6.20. The standard InChI is InChI=1S/C30H18O/c1-2-8-21-17-28-22(16-20(21)7-1)9-5-11-24(28)29-18-31-30-26-13-12-19-6-3-4-10-23(19)25(26)14-15-27(29)30/h1-18H. The summed E-state index contributed by atoms with van der Waals surface area (Å²) >= 11 is 0. The Bertz CT molecular complexity index is 1790. The van der Waals surface area contributed by atoms with Crippen molar-refractivity contribution in [1.29, 1.82) is 0 Å². The van der Waals surface area contributed by atoms with Crippen LogP contribution in [0.5, 0.6) is 0 Å². The largest absolute Gasteiger partial charge is 0.463 e. The Morgan fingerprint density at radius 3 is 2.00 bits per heavy atom. The molecule has 0 aliphatic rings. The summed E-state index contributed by atoms with van der Waals surface area (Å²) in [6, 6.07) is 37.0. The molecule has 1 heteroatoms. The molecular formula is C30H18O. The minimum Gasteiger partial charge on any atom is -0.463 e. The average Bonchev–Trinajstić information content (AvgIpc) is 3.26. The highest BCUT2D eigenvalue weighted by Gasteiger charge is 2.14. The van der Waals surface area contributed by atoms with Gasteiger partial charge >= 0.3 is 0 Å². The van der Waals surface area contributed by atoms with Gasteiger partial charge in [-0.05, 0) is 67.5 Å². The molecule has 1 nitrogen and oxygen atoms in total. The Balaban J connectivity index is 1.54. The van der Waals surface area contributed by atoms with Crippen molar-refractivity contribution in [1.82, 2.24) is 0 Å². The first-order chi connectivity index (χ1) is 15.4. The van der Waals surface area contributed by atoms with Gasteiger partial charge in [0.25, 0.3) is 0 Å². The number of hydrogen-bond acceptors (Lipinski definition) is 1. The third kappa shape index (κ3) is 2.38. The van der Waals surface area contributed by atoms with E-state index in [1.807, 2.05) is 6.26 Å². The fourth-order valence-corrected chi connectivity index (χ4v) is 4.99. The van der Waals surface area contributed by atoms with E-state index in [2.05, 4.69) is 103 Å². The van der Waals surface area contributed by atoms with E-state index < -0.39 is 0 Å². The first-order valence-corrected chi connectivity index (χ1v) is 10.6. The van der Waals surface area contributed by atoms with Gasteiger partial charge in [-0.25, -0.2) is 0 Å². The van der Waals surface area contributed by atoms with E-state index >= 15 is 0 Å². The van der Waals surface area contributed by atoms with E-state index in [-0.39, 0.29) is 0 Å². The Hall–Kier alpha value is -4.10. The van der Waals surface area contributed by atoms with Crippen LogP contribution in [0.3, 0.4) is 0 Å². The van der Waals surface area contributed by atoms with Crippen LogP contribution in [0, 0.1) is 0 Å². The van der Waals surface area contributed by atoms with Crippen molar-refractivity contribution in [3.8, 4) is 11.1 Å². The van der Waals surface area contributed by atoms with Gasteiger partial charge in [-0.15, -0.1) is 0 Å². The molecule has 0 bridgehead atoms. The summed E-state index contributed by atoms with van der Waals surface area (Å²) < 4.78 is 6.20. The van der Waals surface area contributed by atoms with Crippen LogP contribution < -0.4 is 0 Å². The third-order valence-electron chi connectivity index (χ3n) is 6.50. The number of furan rings is 1. The van der Waals surface area contributed by atoms with Crippen LogP contribution in [0.2, 0.25) is 0 Å². The molecule has 1 heterocycles. The summed E-state index contributed by atoms with van der Waals surface area (Å²) in [7, 11) is 0. The van der Waals surface area contributed by atoms with Gasteiger partial charge in [0.05, 0.1) is 6.26 Å². The lowest BCUT2D eigenvalue weighted by Gasteiger charge is -2.08. The predicted molar refractivity (Wildman–Crippen MR) is 132 cm³/mol. The molecule has 6 aromatic carbocycles. The van der Waals surface area contributed by atoms with Crippen molar-refractivity contribution in [3.63, 3.8) is 0 Å². The molecule has 0 saturated carbocycles. The van der Waals surface area contributed by atoms with E-state index in [4.69, 9.17) is 4.42 Å². The van der Waals surface area contributed by atoms with Gasteiger partial charge in [-0.1, -0.05) is 78.9 Å². The summed E-state index contributed by atoms with van der Waals surface area (Å²) in [6.45, 7) is 0. The minimum absolute atomic E-state index is 0.955. The molecule has 0 spiro atoms. The quantitative estimate of drug-likeness (QED) is 0.200. The van der Waals surface area contributed by atoms with E-state index in [0.29, 0.717) is 0 Å². The lowest BCUT2D eigenvalue weighted by atomic mass is 9.94. The third-order valence-corrected chi connectivity index (χ3v) is 6.50. The lowest BCUT2D eigenvalue weighted by molar-refractivity contribution is 0.620. The van der Waals surface area contributed by atoms with Crippen molar-refractivity contribution in [2.24, 2.45) is 0 Å². The first kappa shape index (κ1) is 16.7. The van der Waals surface area contributed by atoms with Crippen molar-refractivity contribution < 1.29 is 4.42 Å². The smallest absolute Gasteiger partial charge is 0.142 e. The van der Waals surface area contributed by atoms with Crippen molar-refractivity contribution in [2.75, 3.05) is 0 Å². The Morgan fingerprint density at radius 1 is 0.387 bits per heavy atom. The number of hydrogen-bond donors (Lipinski definition) is 0. The van der Waals surface area contributed by atoms with Crippen LogP contribution in [0.1, 0.15) is 0 Å². The van der Waals surface area contributed by atoms with Crippen LogP contribution >= 0.6 is 0 Å². The number of fused-ring (bicyclic) bond motifs is 7. The molecule has 7 rings (SSSR count). The minimum atomic E-state index is 0.955. The molecule has 0 N–H and O–H groups in total. The average molecular weight is 394 g/mol. The van der Waals surface area contributed by atoms with Crippen molar-refractivity contribution in [2.45, 2.75) is 0 Å². The SMILES string of the molecule is c1ccc2cc3c(-c4coc5c4ccc4c6ccccc6ccc45)cccc3cc2c1. The molecule has 0 unspecified atom stereocenters. The van der Waals surface area contributed by atoms with E-state index in [0.717, 1.165) is 21.9 Å². The second-order valence-electron chi connectivity index (χ2n) is 8.20. The lowest BCUT2D eigenvalue weighted by Crippen LogP contribution is -1.83. The Kier molecular flexibility index (Phi) is 3.33. The zero-order chi connectivity index (χ0) is 20.4. The van der Waals surface area contributed by atoms with Gasteiger partial charge < -0.3 is 4.42 Å². The van der Waals surface area contributed by atoms with Gasteiger partial charge in [-0.2, -0.15) is 0 Å². The fraction of sp³-hybridized carbons (Fsp3) is 0. The van der Waals surface area contributed by atoms with E-state index in [1.54, 1.807) is 0 Å². The van der Waals surface area contributed by atoms with Crippen LogP contribution in [-0.4, -0.2) is 0 Å². The zero-order valence-corrected chi connectivity index (χ0v) is 16.8. The van der Waals surface area contributed by atoms with Crippen LogP contribution in [0.15, 0.2) is 114 Å². The first-order valence-electron chi connectivity index (χ1n) is 10.6. The number of rotatable bonds is 1. The van der Waals surface area contributed by atoms with E-state index in [1.165, 1.54) is 43.3 Å². The zero-order valence-electron chi connectivity index (χ0n) is 16.8. The summed E-state index contributed by atoms with van der Waals surface area (Å²) in [4.78, 5) is 0. The Labute approximate surface area is 179 Å². The van der Waals surface area contributed by atoms with Crippen LogP contribution in [0.25, 0.3) is 65.2 Å². The molecule has 0 aliphatic heterocycles. The molecule has 0 radical (unpaired) electrons. The normalized spacial score (nSPS) is 11.9. The summed E-state index contributed by atoms with van der Waals surface area (Å²) in [5, 5.41) is 11.1. The number of benzene rings is 6. The van der Waals surface area contributed by atoms with Crippen LogP contribution in [0.4, 0.5) is 0 Å². The van der Waals surface area contributed by atoms with Crippen molar-refractivity contribution in [3.05, 3.63) is 109 Å². The molecule has 0 atom stereocenters. The van der Waals surface area contributed by atoms with Crippen LogP contribution in [-0.2, 0) is 0 Å². The maximum Gasteiger partial charge on any atom is 0.142 e. The molecule has 0 aliphatic carbocycles. The van der Waals surface area contributed by atoms with Gasteiger partial charge in [0, 0.05) is 16.3 Å². The molecule has 31 heavy (non-hydrogen) atoms. The molecule has 0 saturated heterocycles. The second kappa shape index (κ2) is 6.20. The summed E-state index contributed by atoms with van der Waals surface area (Å²) in [5.74, 6) is 0. The van der Waals surface area contributed by atoms with Gasteiger partial charge in [-0.3, -0.25) is 0 Å². The molecular weight excluding hydrogens is 376 g/mol. The summed E-state index contributed by atoms with van der Waals surface area (Å²) in [5.41, 5.74) is 3.31. The summed E-state index contributed by atoms with van der Waals surface area (Å²) in [6.07, 6.45) is 1.92. The monoisotopic (exact) mass is 394 g/mol. The molecule has 1 aromatic heterocycles. The molecule has 7 aromatic rings. The predicted octanol–water partition coefficient (Wildman–Crippen LogP) is 8.71. The molecule has 0 amide bonds. The van der Waals surface area contributed by atoms with Gasteiger partial charge in [0.1, 0.15) is 5.58 Å². The fourth-order valence-electron chi connectivity index (χ4n) is 4.99.